The molecule has 4 heteroatoms. The van der Waals surface area contributed by atoms with Gasteiger partial charge in [0.25, 0.3) is 10.1 Å². The van der Waals surface area contributed by atoms with E-state index in [9.17, 15) is 13.0 Å². The molecule has 1 N–H and O–H groups in total. The second kappa shape index (κ2) is 10.8. The minimum Gasteiger partial charge on any atom is -0.282 e. The van der Waals surface area contributed by atoms with Gasteiger partial charge in [-0.3, -0.25) is 4.55 Å². The van der Waals surface area contributed by atoms with Crippen LogP contribution in [0.2, 0.25) is 0 Å². The number of hydrogen-bond donors (Lipinski definition) is 1. The summed E-state index contributed by atoms with van der Waals surface area (Å²) in [7, 11) is -4.10. The van der Waals surface area contributed by atoms with E-state index >= 15 is 0 Å². The van der Waals surface area contributed by atoms with E-state index in [1.54, 1.807) is 12.1 Å². The van der Waals surface area contributed by atoms with Crippen molar-refractivity contribution in [1.82, 2.24) is 0 Å². The lowest BCUT2D eigenvalue weighted by molar-refractivity contribution is 0.481. The zero-order valence-electron chi connectivity index (χ0n) is 14.6. The first kappa shape index (κ1) is 20.2. The molecule has 0 aromatic heterocycles. The number of benzene rings is 1. The number of rotatable bonds is 12. The van der Waals surface area contributed by atoms with E-state index in [0.717, 1.165) is 24.3 Å². The lowest BCUT2D eigenvalue weighted by Crippen LogP contribution is -2.03. The van der Waals surface area contributed by atoms with Crippen LogP contribution in [0.15, 0.2) is 29.2 Å². The molecule has 0 aliphatic heterocycles. The van der Waals surface area contributed by atoms with Gasteiger partial charge in [-0.2, -0.15) is 8.42 Å². The molecule has 0 radical (unpaired) electrons. The van der Waals surface area contributed by atoms with E-state index in [2.05, 4.69) is 13.8 Å². The van der Waals surface area contributed by atoms with Gasteiger partial charge in [0.1, 0.15) is 0 Å². The van der Waals surface area contributed by atoms with Crippen molar-refractivity contribution in [3.8, 4) is 0 Å². The van der Waals surface area contributed by atoms with Gasteiger partial charge in [-0.15, -0.1) is 0 Å². The largest absolute Gasteiger partial charge is 0.294 e. The van der Waals surface area contributed by atoms with Crippen molar-refractivity contribution in [2.45, 2.75) is 83.0 Å². The van der Waals surface area contributed by atoms with Gasteiger partial charge in [-0.25, -0.2) is 0 Å². The van der Waals surface area contributed by atoms with Crippen LogP contribution in [0, 0.1) is 5.92 Å². The lowest BCUT2D eigenvalue weighted by atomic mass is 10.0. The third-order valence-electron chi connectivity index (χ3n) is 4.23. The molecule has 0 atom stereocenters. The van der Waals surface area contributed by atoms with E-state index in [4.69, 9.17) is 0 Å². The van der Waals surface area contributed by atoms with Crippen molar-refractivity contribution < 1.29 is 13.0 Å². The van der Waals surface area contributed by atoms with Crippen LogP contribution >= 0.6 is 0 Å². The monoisotopic (exact) mass is 340 g/mol. The molecule has 0 bridgehead atoms. The Balaban J connectivity index is 2.12. The molecule has 132 valence electrons. The summed E-state index contributed by atoms with van der Waals surface area (Å²) in [6.45, 7) is 4.56. The number of hydrogen-bond acceptors (Lipinski definition) is 2. The summed E-state index contributed by atoms with van der Waals surface area (Å²) >= 11 is 0. The maximum Gasteiger partial charge on any atom is 0.294 e. The minimum atomic E-state index is -4.10. The summed E-state index contributed by atoms with van der Waals surface area (Å²) in [4.78, 5) is 0.0603. The van der Waals surface area contributed by atoms with Gasteiger partial charge in [-0.05, 0) is 30.4 Å². The topological polar surface area (TPSA) is 54.4 Å². The molecule has 23 heavy (non-hydrogen) atoms. The Bertz CT molecular complexity index is 535. The summed E-state index contributed by atoms with van der Waals surface area (Å²) in [5.41, 5.74) is 0.726. The lowest BCUT2D eigenvalue weighted by Gasteiger charge is -2.07. The Morgan fingerprint density at radius 3 is 1.96 bits per heavy atom. The van der Waals surface area contributed by atoms with E-state index < -0.39 is 10.1 Å². The standard InChI is InChI=1S/C19H32O3S/c1-17(2)13-9-7-5-3-4-6-8-10-14-18-15-11-12-16-19(18)23(20,21)22/h11-12,15-17H,3-10,13-14H2,1-2H3,(H,20,21,22). The quantitative estimate of drug-likeness (QED) is 0.395. The average Bonchev–Trinajstić information content (AvgIpc) is 2.48. The van der Waals surface area contributed by atoms with Gasteiger partial charge in [0.2, 0.25) is 0 Å². The first-order valence-corrected chi connectivity index (χ1v) is 10.4. The zero-order chi connectivity index (χ0) is 17.1. The van der Waals surface area contributed by atoms with Gasteiger partial charge < -0.3 is 0 Å². The van der Waals surface area contributed by atoms with Gasteiger partial charge >= 0.3 is 0 Å². The highest BCUT2D eigenvalue weighted by Crippen LogP contribution is 2.18. The predicted octanol–water partition coefficient (Wildman–Crippen LogP) is 5.64. The van der Waals surface area contributed by atoms with E-state index in [1.165, 1.54) is 51.0 Å². The molecular formula is C19H32O3S. The van der Waals surface area contributed by atoms with Gasteiger partial charge in [-0.1, -0.05) is 83.4 Å². The third kappa shape index (κ3) is 9.11. The van der Waals surface area contributed by atoms with E-state index in [0.29, 0.717) is 6.42 Å². The zero-order valence-corrected chi connectivity index (χ0v) is 15.4. The fourth-order valence-electron chi connectivity index (χ4n) is 2.89. The molecule has 1 rings (SSSR count). The second-order valence-corrected chi connectivity index (χ2v) is 8.23. The van der Waals surface area contributed by atoms with E-state index in [1.807, 2.05) is 6.07 Å². The normalized spacial score (nSPS) is 12.0. The minimum absolute atomic E-state index is 0.0603. The average molecular weight is 341 g/mol. The molecule has 3 nitrogen and oxygen atoms in total. The predicted molar refractivity (Wildman–Crippen MR) is 96.4 cm³/mol. The Morgan fingerprint density at radius 2 is 1.39 bits per heavy atom. The van der Waals surface area contributed by atoms with Gasteiger partial charge in [0.05, 0.1) is 4.90 Å². The Labute approximate surface area is 142 Å². The van der Waals surface area contributed by atoms with Crippen LogP contribution in [0.25, 0.3) is 0 Å². The summed E-state index contributed by atoms with van der Waals surface area (Å²) in [5, 5.41) is 0. The molecule has 0 saturated carbocycles. The van der Waals surface area contributed by atoms with Crippen LogP contribution in [-0.2, 0) is 16.5 Å². The molecule has 0 aliphatic carbocycles. The van der Waals surface area contributed by atoms with Crippen molar-refractivity contribution in [1.29, 1.82) is 0 Å². The van der Waals surface area contributed by atoms with Crippen LogP contribution in [0.4, 0.5) is 0 Å². The number of unbranched alkanes of at least 4 members (excludes halogenated alkanes) is 7. The van der Waals surface area contributed by atoms with Crippen molar-refractivity contribution in [3.05, 3.63) is 29.8 Å². The fraction of sp³-hybridized carbons (Fsp3) is 0.684. The van der Waals surface area contributed by atoms with Crippen molar-refractivity contribution in [3.63, 3.8) is 0 Å². The number of aryl methyl sites for hydroxylation is 1. The van der Waals surface area contributed by atoms with Crippen molar-refractivity contribution in [2.75, 3.05) is 0 Å². The van der Waals surface area contributed by atoms with E-state index in [-0.39, 0.29) is 4.90 Å². The van der Waals surface area contributed by atoms with Crippen molar-refractivity contribution >= 4 is 10.1 Å². The van der Waals surface area contributed by atoms with Crippen molar-refractivity contribution in [2.24, 2.45) is 5.92 Å². The van der Waals surface area contributed by atoms with Gasteiger partial charge in [0.15, 0.2) is 0 Å². The van der Waals surface area contributed by atoms with Crippen LogP contribution in [0.1, 0.15) is 77.2 Å². The highest BCUT2D eigenvalue weighted by atomic mass is 32.2. The molecule has 0 fully saturated rings. The van der Waals surface area contributed by atoms with Crippen LogP contribution in [0.5, 0.6) is 0 Å². The van der Waals surface area contributed by atoms with Crippen LogP contribution < -0.4 is 0 Å². The molecule has 1 aromatic carbocycles. The maximum atomic E-state index is 11.3. The molecule has 0 spiro atoms. The molecule has 0 heterocycles. The highest BCUT2D eigenvalue weighted by molar-refractivity contribution is 7.85. The summed E-state index contributed by atoms with van der Waals surface area (Å²) in [6.07, 6.45) is 11.9. The molecule has 1 aromatic rings. The molecule has 0 aliphatic rings. The first-order chi connectivity index (χ1) is 10.9. The highest BCUT2D eigenvalue weighted by Gasteiger charge is 2.13. The third-order valence-corrected chi connectivity index (χ3v) is 5.18. The molecule has 0 saturated heterocycles. The van der Waals surface area contributed by atoms with Gasteiger partial charge in [0, 0.05) is 0 Å². The van der Waals surface area contributed by atoms with Crippen LogP contribution in [0.3, 0.4) is 0 Å². The molecular weight excluding hydrogens is 308 g/mol. The Morgan fingerprint density at radius 1 is 0.870 bits per heavy atom. The molecule has 0 amide bonds. The second-order valence-electron chi connectivity index (χ2n) is 6.84. The Hall–Kier alpha value is -0.870. The van der Waals surface area contributed by atoms with Crippen LogP contribution in [-0.4, -0.2) is 13.0 Å². The summed E-state index contributed by atoms with van der Waals surface area (Å²) in [6, 6.07) is 6.73. The molecule has 0 unspecified atom stereocenters. The fourth-order valence-corrected chi connectivity index (χ4v) is 3.64. The SMILES string of the molecule is CC(C)CCCCCCCCCCc1ccccc1S(=O)(=O)O. The summed E-state index contributed by atoms with van der Waals surface area (Å²) in [5.74, 6) is 0.820. The Kier molecular flexibility index (Phi) is 9.49. The maximum absolute atomic E-state index is 11.3. The summed E-state index contributed by atoms with van der Waals surface area (Å²) < 4.78 is 31.8. The smallest absolute Gasteiger partial charge is 0.282 e. The first-order valence-electron chi connectivity index (χ1n) is 8.96.